The zero-order chi connectivity index (χ0) is 26.9. The van der Waals surface area contributed by atoms with Gasteiger partial charge in [0.25, 0.3) is 0 Å². The SMILES string of the molecule is COC(=O)c1cc2c(Oc3ccc(NC(=O)C4(C(=O)Nc5ccc(F)cc5)CC4)cc3)ccnc2cc1Br. The molecule has 5 rings (SSSR count). The van der Waals surface area contributed by atoms with E-state index >= 15 is 0 Å². The standard InChI is InChI=1S/C28H21BrFN3O5/c1-37-25(34)20-14-21-23(15-22(20)29)31-13-10-24(21)38-19-8-6-18(7-9-19)33-27(36)28(11-12-28)26(35)32-17-4-2-16(30)3-5-17/h2-10,13-15H,11-12H2,1H3,(H,32,35)(H,33,36). The number of carbonyl (C=O) groups excluding carboxylic acids is 3. The third kappa shape index (κ3) is 5.08. The molecular formula is C28H21BrFN3O5. The third-order valence-electron chi connectivity index (χ3n) is 6.26. The van der Waals surface area contributed by atoms with Crippen molar-refractivity contribution in [3.05, 3.63) is 88.8 Å². The van der Waals surface area contributed by atoms with E-state index in [1.807, 2.05) is 0 Å². The van der Waals surface area contributed by atoms with E-state index in [9.17, 15) is 18.8 Å². The number of nitrogens with zero attached hydrogens (tertiary/aromatic N) is 1. The van der Waals surface area contributed by atoms with Crippen molar-refractivity contribution in [2.45, 2.75) is 12.8 Å². The summed E-state index contributed by atoms with van der Waals surface area (Å²) in [6.07, 6.45) is 2.44. The van der Waals surface area contributed by atoms with Crippen molar-refractivity contribution in [2.75, 3.05) is 17.7 Å². The molecule has 0 saturated heterocycles. The van der Waals surface area contributed by atoms with Gasteiger partial charge >= 0.3 is 5.97 Å². The van der Waals surface area contributed by atoms with Gasteiger partial charge in [-0.2, -0.15) is 0 Å². The Kier molecular flexibility index (Phi) is 6.81. The van der Waals surface area contributed by atoms with Crippen molar-refractivity contribution in [1.82, 2.24) is 4.98 Å². The summed E-state index contributed by atoms with van der Waals surface area (Å²) in [6, 6.07) is 17.1. The molecule has 2 N–H and O–H groups in total. The number of fused-ring (bicyclic) bond motifs is 1. The molecule has 0 unspecified atom stereocenters. The minimum absolute atomic E-state index is 0.341. The van der Waals surface area contributed by atoms with Gasteiger partial charge in [-0.3, -0.25) is 14.6 Å². The molecule has 1 aliphatic carbocycles. The van der Waals surface area contributed by atoms with Crippen LogP contribution in [-0.2, 0) is 14.3 Å². The zero-order valence-corrected chi connectivity index (χ0v) is 21.7. The Bertz CT molecular complexity index is 1550. The highest BCUT2D eigenvalue weighted by Crippen LogP contribution is 2.47. The number of nitrogens with one attached hydrogen (secondary N) is 2. The number of pyridine rings is 1. The maximum Gasteiger partial charge on any atom is 0.339 e. The number of amides is 2. The number of methoxy groups -OCH3 is 1. The van der Waals surface area contributed by atoms with E-state index in [2.05, 4.69) is 31.5 Å². The Morgan fingerprint density at radius 1 is 0.921 bits per heavy atom. The highest BCUT2D eigenvalue weighted by molar-refractivity contribution is 9.10. The lowest BCUT2D eigenvalue weighted by atomic mass is 10.0. The predicted octanol–water partition coefficient (Wildman–Crippen LogP) is 6.07. The van der Waals surface area contributed by atoms with Crippen LogP contribution in [-0.4, -0.2) is 29.9 Å². The summed E-state index contributed by atoms with van der Waals surface area (Å²) >= 11 is 3.37. The van der Waals surface area contributed by atoms with Crippen LogP contribution in [0.2, 0.25) is 0 Å². The molecule has 1 saturated carbocycles. The fourth-order valence-corrected chi connectivity index (χ4v) is 4.44. The number of hydrogen-bond acceptors (Lipinski definition) is 6. The van der Waals surface area contributed by atoms with Gasteiger partial charge in [-0.05, 0) is 95.5 Å². The summed E-state index contributed by atoms with van der Waals surface area (Å²) in [5.41, 5.74) is 0.727. The Hall–Kier alpha value is -4.31. The maximum absolute atomic E-state index is 13.1. The van der Waals surface area contributed by atoms with E-state index in [0.717, 1.165) is 0 Å². The van der Waals surface area contributed by atoms with Crippen LogP contribution in [0.4, 0.5) is 15.8 Å². The minimum Gasteiger partial charge on any atom is -0.465 e. The predicted molar refractivity (Wildman–Crippen MR) is 143 cm³/mol. The van der Waals surface area contributed by atoms with E-state index < -0.39 is 29.0 Å². The number of carbonyl (C=O) groups is 3. The second-order valence-corrected chi connectivity index (χ2v) is 9.63. The van der Waals surface area contributed by atoms with Crippen LogP contribution in [0.25, 0.3) is 10.9 Å². The molecule has 0 bridgehead atoms. The molecule has 0 radical (unpaired) electrons. The molecule has 4 aromatic rings. The monoisotopic (exact) mass is 577 g/mol. The molecule has 1 heterocycles. The lowest BCUT2D eigenvalue weighted by Gasteiger charge is -2.16. The highest BCUT2D eigenvalue weighted by atomic mass is 79.9. The molecular weight excluding hydrogens is 557 g/mol. The van der Waals surface area contributed by atoms with Crippen molar-refractivity contribution in [3.8, 4) is 11.5 Å². The van der Waals surface area contributed by atoms with E-state index in [4.69, 9.17) is 9.47 Å². The van der Waals surface area contributed by atoms with Crippen LogP contribution in [0.5, 0.6) is 11.5 Å². The van der Waals surface area contributed by atoms with Gasteiger partial charge in [0.15, 0.2) is 0 Å². The van der Waals surface area contributed by atoms with Gasteiger partial charge in [0.2, 0.25) is 11.8 Å². The molecule has 38 heavy (non-hydrogen) atoms. The van der Waals surface area contributed by atoms with E-state index in [1.54, 1.807) is 48.7 Å². The Morgan fingerprint density at radius 2 is 1.53 bits per heavy atom. The molecule has 2 amide bonds. The van der Waals surface area contributed by atoms with Crippen LogP contribution in [0, 0.1) is 11.2 Å². The number of ether oxygens (including phenoxy) is 2. The van der Waals surface area contributed by atoms with Crippen LogP contribution in [0.3, 0.4) is 0 Å². The minimum atomic E-state index is -1.16. The Labute approximate surface area is 225 Å². The molecule has 0 atom stereocenters. The summed E-state index contributed by atoms with van der Waals surface area (Å²) in [5.74, 6) is -0.762. The quantitative estimate of drug-likeness (QED) is 0.204. The lowest BCUT2D eigenvalue weighted by molar-refractivity contribution is -0.131. The molecule has 1 aromatic heterocycles. The number of benzene rings is 3. The Morgan fingerprint density at radius 3 is 2.11 bits per heavy atom. The van der Waals surface area contributed by atoms with Crippen LogP contribution >= 0.6 is 15.9 Å². The fraction of sp³-hybridized carbons (Fsp3) is 0.143. The number of esters is 1. The third-order valence-corrected chi connectivity index (χ3v) is 6.91. The first-order valence-electron chi connectivity index (χ1n) is 11.6. The molecule has 0 spiro atoms. The molecule has 1 fully saturated rings. The molecule has 1 aliphatic rings. The normalized spacial score (nSPS) is 13.4. The molecule has 0 aliphatic heterocycles. The average molecular weight is 578 g/mol. The average Bonchev–Trinajstić information content (AvgIpc) is 3.73. The number of aromatic nitrogens is 1. The topological polar surface area (TPSA) is 107 Å². The van der Waals surface area contributed by atoms with Gasteiger partial charge in [0.1, 0.15) is 22.7 Å². The number of hydrogen-bond donors (Lipinski definition) is 2. The second-order valence-electron chi connectivity index (χ2n) is 8.77. The van der Waals surface area contributed by atoms with E-state index in [1.165, 1.54) is 31.4 Å². The van der Waals surface area contributed by atoms with Crippen LogP contribution in [0.1, 0.15) is 23.2 Å². The van der Waals surface area contributed by atoms with Gasteiger partial charge in [-0.25, -0.2) is 9.18 Å². The largest absolute Gasteiger partial charge is 0.465 e. The summed E-state index contributed by atoms with van der Waals surface area (Å²) in [7, 11) is 1.31. The number of halogens is 2. The second kappa shape index (κ2) is 10.2. The van der Waals surface area contributed by atoms with Gasteiger partial charge < -0.3 is 20.1 Å². The van der Waals surface area contributed by atoms with Gasteiger partial charge in [-0.1, -0.05) is 0 Å². The molecule has 3 aromatic carbocycles. The summed E-state index contributed by atoms with van der Waals surface area (Å²) in [4.78, 5) is 42.1. The number of anilines is 2. The van der Waals surface area contributed by atoms with Crippen molar-refractivity contribution in [3.63, 3.8) is 0 Å². The van der Waals surface area contributed by atoms with Crippen molar-refractivity contribution in [1.29, 1.82) is 0 Å². The fourth-order valence-electron chi connectivity index (χ4n) is 3.95. The van der Waals surface area contributed by atoms with Crippen molar-refractivity contribution < 1.29 is 28.2 Å². The molecule has 10 heteroatoms. The summed E-state index contributed by atoms with van der Waals surface area (Å²) in [5, 5.41) is 6.10. The lowest BCUT2D eigenvalue weighted by Crippen LogP contribution is -2.35. The first-order chi connectivity index (χ1) is 18.3. The van der Waals surface area contributed by atoms with Crippen LogP contribution < -0.4 is 15.4 Å². The Balaban J connectivity index is 1.28. The van der Waals surface area contributed by atoms with E-state index in [0.29, 0.717) is 56.7 Å². The summed E-state index contributed by atoms with van der Waals surface area (Å²) in [6.45, 7) is 0. The smallest absolute Gasteiger partial charge is 0.339 e. The first-order valence-corrected chi connectivity index (χ1v) is 12.4. The van der Waals surface area contributed by atoms with Crippen LogP contribution in [0.15, 0.2) is 77.4 Å². The number of rotatable bonds is 7. The molecule has 8 nitrogen and oxygen atoms in total. The van der Waals surface area contributed by atoms with Gasteiger partial charge in [0.05, 0.1) is 18.2 Å². The van der Waals surface area contributed by atoms with E-state index in [-0.39, 0.29) is 0 Å². The van der Waals surface area contributed by atoms with Crippen molar-refractivity contribution >= 4 is 56.0 Å². The zero-order valence-electron chi connectivity index (χ0n) is 20.1. The van der Waals surface area contributed by atoms with Gasteiger partial charge in [0, 0.05) is 27.4 Å². The molecule has 192 valence electrons. The van der Waals surface area contributed by atoms with Crippen molar-refractivity contribution in [2.24, 2.45) is 5.41 Å². The first kappa shape index (κ1) is 25.3. The summed E-state index contributed by atoms with van der Waals surface area (Å²) < 4.78 is 24.6. The highest BCUT2D eigenvalue weighted by Gasteiger charge is 2.56. The maximum atomic E-state index is 13.1. The van der Waals surface area contributed by atoms with Gasteiger partial charge in [-0.15, -0.1) is 0 Å².